The van der Waals surface area contributed by atoms with E-state index in [1.165, 1.54) is 0 Å². The van der Waals surface area contributed by atoms with E-state index in [2.05, 4.69) is 22.3 Å². The molecule has 13 heavy (non-hydrogen) atoms. The summed E-state index contributed by atoms with van der Waals surface area (Å²) >= 11 is 0. The number of azide groups is 1. The van der Waals surface area contributed by atoms with Crippen molar-refractivity contribution in [1.82, 2.24) is 0 Å². The van der Waals surface area contributed by atoms with Gasteiger partial charge in [-0.15, -0.1) is 5.73 Å². The van der Waals surface area contributed by atoms with Crippen LogP contribution in [0.4, 0.5) is 0 Å². The molecular formula is C10H13N3. The fourth-order valence-electron chi connectivity index (χ4n) is 0.730. The highest BCUT2D eigenvalue weighted by Gasteiger charge is 1.95. The van der Waals surface area contributed by atoms with Crippen LogP contribution in [0.1, 0.15) is 13.8 Å². The summed E-state index contributed by atoms with van der Waals surface area (Å²) < 4.78 is 0. The van der Waals surface area contributed by atoms with Gasteiger partial charge in [0, 0.05) is 4.91 Å². The Labute approximate surface area is 78.4 Å². The minimum atomic E-state index is 0.342. The van der Waals surface area contributed by atoms with E-state index in [-0.39, 0.29) is 0 Å². The fourth-order valence-corrected chi connectivity index (χ4v) is 0.730. The predicted molar refractivity (Wildman–Crippen MR) is 55.2 cm³/mol. The van der Waals surface area contributed by atoms with Crippen molar-refractivity contribution in [2.45, 2.75) is 13.8 Å². The van der Waals surface area contributed by atoms with Crippen molar-refractivity contribution in [3.63, 3.8) is 0 Å². The molecule has 0 atom stereocenters. The van der Waals surface area contributed by atoms with Crippen LogP contribution in [-0.2, 0) is 0 Å². The van der Waals surface area contributed by atoms with Gasteiger partial charge in [0.25, 0.3) is 0 Å². The summed E-state index contributed by atoms with van der Waals surface area (Å²) in [5, 5.41) is 3.48. The molecule has 0 unspecified atom stereocenters. The van der Waals surface area contributed by atoms with Crippen molar-refractivity contribution >= 4 is 0 Å². The van der Waals surface area contributed by atoms with E-state index in [1.54, 1.807) is 0 Å². The van der Waals surface area contributed by atoms with Crippen LogP contribution in [0.3, 0.4) is 0 Å². The average Bonchev–Trinajstić information content (AvgIpc) is 2.17. The van der Waals surface area contributed by atoms with E-state index in [0.717, 1.165) is 11.1 Å². The second kappa shape index (κ2) is 6.99. The largest absolute Gasteiger partial charge is 0.125 e. The molecule has 0 aliphatic heterocycles. The van der Waals surface area contributed by atoms with E-state index in [9.17, 15) is 0 Å². The number of hydrogen-bond acceptors (Lipinski definition) is 1. The molecule has 0 aromatic carbocycles. The SMILES string of the molecule is C=C=C(C)/C(=C\C=C/C)CN=[N+]=[N-]. The van der Waals surface area contributed by atoms with Gasteiger partial charge in [0.1, 0.15) is 0 Å². The van der Waals surface area contributed by atoms with Crippen molar-refractivity contribution in [3.8, 4) is 0 Å². The van der Waals surface area contributed by atoms with Gasteiger partial charge < -0.3 is 0 Å². The normalized spacial score (nSPS) is 10.8. The molecule has 0 aromatic rings. The molecule has 0 aliphatic rings. The first-order valence-electron chi connectivity index (χ1n) is 3.96. The maximum absolute atomic E-state index is 8.16. The lowest BCUT2D eigenvalue weighted by atomic mass is 10.1. The van der Waals surface area contributed by atoms with Crippen molar-refractivity contribution in [1.29, 1.82) is 0 Å². The molecule has 0 saturated carbocycles. The number of rotatable bonds is 4. The molecule has 0 aliphatic carbocycles. The smallest absolute Gasteiger partial charge is 0.0519 e. The molecule has 68 valence electrons. The van der Waals surface area contributed by atoms with Crippen LogP contribution in [0.5, 0.6) is 0 Å². The Morgan fingerprint density at radius 1 is 1.69 bits per heavy atom. The van der Waals surface area contributed by atoms with E-state index in [0.29, 0.717) is 6.54 Å². The van der Waals surface area contributed by atoms with Gasteiger partial charge in [-0.3, -0.25) is 0 Å². The summed E-state index contributed by atoms with van der Waals surface area (Å²) in [7, 11) is 0. The third-order valence-electron chi connectivity index (χ3n) is 1.54. The molecule has 3 nitrogen and oxygen atoms in total. The van der Waals surface area contributed by atoms with E-state index in [4.69, 9.17) is 5.53 Å². The van der Waals surface area contributed by atoms with E-state index in [1.807, 2.05) is 32.1 Å². The summed E-state index contributed by atoms with van der Waals surface area (Å²) in [6, 6.07) is 0. The molecule has 0 heterocycles. The highest BCUT2D eigenvalue weighted by Crippen LogP contribution is 2.08. The van der Waals surface area contributed by atoms with Crippen LogP contribution in [0.25, 0.3) is 10.4 Å². The highest BCUT2D eigenvalue weighted by atomic mass is 15.1. The Morgan fingerprint density at radius 2 is 2.38 bits per heavy atom. The molecular weight excluding hydrogens is 162 g/mol. The minimum absolute atomic E-state index is 0.342. The number of nitrogens with zero attached hydrogens (tertiary/aromatic N) is 3. The first kappa shape index (κ1) is 11.3. The van der Waals surface area contributed by atoms with Crippen LogP contribution in [0.15, 0.2) is 46.8 Å². The van der Waals surface area contributed by atoms with Gasteiger partial charge in [0.2, 0.25) is 0 Å². The molecule has 0 amide bonds. The van der Waals surface area contributed by atoms with Gasteiger partial charge in [-0.05, 0) is 30.5 Å². The zero-order valence-electron chi connectivity index (χ0n) is 7.99. The molecule has 0 radical (unpaired) electrons. The quantitative estimate of drug-likeness (QED) is 0.206. The van der Waals surface area contributed by atoms with E-state index >= 15 is 0 Å². The van der Waals surface area contributed by atoms with Gasteiger partial charge in [0.15, 0.2) is 0 Å². The molecule has 0 fully saturated rings. The van der Waals surface area contributed by atoms with Crippen LogP contribution in [0.2, 0.25) is 0 Å². The first-order valence-corrected chi connectivity index (χ1v) is 3.96. The molecule has 0 saturated heterocycles. The zero-order chi connectivity index (χ0) is 10.1. The minimum Gasteiger partial charge on any atom is -0.125 e. The van der Waals surface area contributed by atoms with E-state index < -0.39 is 0 Å². The second-order valence-electron chi connectivity index (χ2n) is 2.41. The van der Waals surface area contributed by atoms with Gasteiger partial charge in [0.05, 0.1) is 6.54 Å². The van der Waals surface area contributed by atoms with Gasteiger partial charge in [-0.2, -0.15) is 0 Å². The summed E-state index contributed by atoms with van der Waals surface area (Å²) in [5.41, 5.74) is 12.8. The summed E-state index contributed by atoms with van der Waals surface area (Å²) in [6.07, 6.45) is 5.69. The Bertz CT molecular complexity index is 311. The van der Waals surface area contributed by atoms with Gasteiger partial charge in [-0.1, -0.05) is 29.9 Å². The molecule has 0 spiro atoms. The Hall–Kier alpha value is -1.69. The zero-order valence-corrected chi connectivity index (χ0v) is 7.99. The Kier molecular flexibility index (Phi) is 6.08. The van der Waals surface area contributed by atoms with Crippen LogP contribution < -0.4 is 0 Å². The Balaban J connectivity index is 4.74. The number of allylic oxidation sites excluding steroid dienone is 3. The lowest BCUT2D eigenvalue weighted by Gasteiger charge is -1.99. The summed E-state index contributed by atoms with van der Waals surface area (Å²) in [6.45, 7) is 7.69. The van der Waals surface area contributed by atoms with Crippen molar-refractivity contribution < 1.29 is 0 Å². The van der Waals surface area contributed by atoms with Crippen LogP contribution in [0, 0.1) is 0 Å². The van der Waals surface area contributed by atoms with Crippen LogP contribution >= 0.6 is 0 Å². The van der Waals surface area contributed by atoms with Gasteiger partial charge in [-0.25, -0.2) is 0 Å². The number of hydrogen-bond donors (Lipinski definition) is 0. The van der Waals surface area contributed by atoms with Crippen molar-refractivity contribution in [3.05, 3.63) is 52.1 Å². The summed E-state index contributed by atoms with van der Waals surface area (Å²) in [5.74, 6) is 0. The second-order valence-corrected chi connectivity index (χ2v) is 2.41. The maximum atomic E-state index is 8.16. The lowest BCUT2D eigenvalue weighted by Crippen LogP contribution is -1.88. The molecule has 0 rings (SSSR count). The standard InChI is InChI=1S/C10H13N3/c1-4-6-7-10(8-12-13-11)9(3)5-2/h4,6-7H,2,8H2,1,3H3/b6-4-,10-7-. The molecule has 0 N–H and O–H groups in total. The average molecular weight is 175 g/mol. The van der Waals surface area contributed by atoms with Crippen LogP contribution in [-0.4, -0.2) is 6.54 Å². The van der Waals surface area contributed by atoms with Crippen molar-refractivity contribution in [2.75, 3.05) is 6.54 Å². The molecule has 0 bridgehead atoms. The Morgan fingerprint density at radius 3 is 2.85 bits per heavy atom. The lowest BCUT2D eigenvalue weighted by molar-refractivity contribution is 1.12. The fraction of sp³-hybridized carbons (Fsp3) is 0.300. The first-order chi connectivity index (χ1) is 6.26. The van der Waals surface area contributed by atoms with Crippen molar-refractivity contribution in [2.24, 2.45) is 5.11 Å². The maximum Gasteiger partial charge on any atom is 0.0519 e. The monoisotopic (exact) mass is 175 g/mol. The molecule has 0 aromatic heterocycles. The highest BCUT2D eigenvalue weighted by molar-refractivity contribution is 5.32. The molecule has 3 heteroatoms. The third kappa shape index (κ3) is 4.70. The summed E-state index contributed by atoms with van der Waals surface area (Å²) in [4.78, 5) is 2.70. The third-order valence-corrected chi connectivity index (χ3v) is 1.54. The topological polar surface area (TPSA) is 48.8 Å². The predicted octanol–water partition coefficient (Wildman–Crippen LogP) is 3.53. The van der Waals surface area contributed by atoms with Gasteiger partial charge >= 0.3 is 0 Å².